The molecule has 0 aromatic heterocycles. The number of carbonyl (C=O) groups is 1. The van der Waals surface area contributed by atoms with Gasteiger partial charge in [0.15, 0.2) is 5.11 Å². The Labute approximate surface area is 165 Å². The Bertz CT molecular complexity index is 793. The highest BCUT2D eigenvalue weighted by atomic mass is 32.1. The molecule has 0 heterocycles. The zero-order valence-corrected chi connectivity index (χ0v) is 16.2. The van der Waals surface area contributed by atoms with Crippen LogP contribution in [0.1, 0.15) is 30.1 Å². The van der Waals surface area contributed by atoms with Crippen LogP contribution in [0.25, 0.3) is 0 Å². The molecule has 0 bridgehead atoms. The lowest BCUT2D eigenvalue weighted by atomic mass is 10.2. The summed E-state index contributed by atoms with van der Waals surface area (Å²) in [5.74, 6) is 1.06. The summed E-state index contributed by atoms with van der Waals surface area (Å²) in [7, 11) is 0. The topological polar surface area (TPSA) is 59.6 Å². The van der Waals surface area contributed by atoms with Crippen molar-refractivity contribution in [2.45, 2.75) is 19.8 Å². The molecule has 0 radical (unpaired) electrons. The fraction of sp³-hybridized carbons (Fsp3) is 0.238. The Balaban J connectivity index is 1.92. The number of carbonyl (C=O) groups excluding carboxylic acids is 1. The second kappa shape index (κ2) is 11.0. The Kier molecular flexibility index (Phi) is 8.32. The van der Waals surface area contributed by atoms with Crippen molar-refractivity contribution in [3.63, 3.8) is 0 Å². The summed E-state index contributed by atoms with van der Waals surface area (Å²) in [6.07, 6.45) is 3.70. The van der Waals surface area contributed by atoms with Crippen molar-refractivity contribution in [3.05, 3.63) is 66.7 Å². The van der Waals surface area contributed by atoms with E-state index in [1.165, 1.54) is 0 Å². The third-order valence-corrected chi connectivity index (χ3v) is 3.75. The average molecular weight is 385 g/mol. The minimum absolute atomic E-state index is 0.207. The summed E-state index contributed by atoms with van der Waals surface area (Å²) < 4.78 is 11.1. The minimum atomic E-state index is -0.299. The van der Waals surface area contributed by atoms with Gasteiger partial charge in [-0.25, -0.2) is 0 Å². The van der Waals surface area contributed by atoms with Crippen molar-refractivity contribution in [1.82, 2.24) is 5.32 Å². The number of nitrogens with one attached hydrogen (secondary N) is 2. The van der Waals surface area contributed by atoms with Crippen LogP contribution < -0.4 is 20.1 Å². The molecule has 0 spiro atoms. The average Bonchev–Trinajstić information content (AvgIpc) is 2.67. The van der Waals surface area contributed by atoms with E-state index in [0.29, 0.717) is 30.3 Å². The molecule has 142 valence electrons. The van der Waals surface area contributed by atoms with E-state index in [1.807, 2.05) is 24.3 Å². The van der Waals surface area contributed by atoms with Gasteiger partial charge in [-0.05, 0) is 49.0 Å². The van der Waals surface area contributed by atoms with E-state index in [2.05, 4.69) is 24.1 Å². The van der Waals surface area contributed by atoms with Crippen LogP contribution in [-0.2, 0) is 0 Å². The second-order valence-corrected chi connectivity index (χ2v) is 6.17. The quantitative estimate of drug-likeness (QED) is 0.377. The molecule has 2 aromatic rings. The zero-order valence-electron chi connectivity index (χ0n) is 15.4. The summed E-state index contributed by atoms with van der Waals surface area (Å²) in [4.78, 5) is 12.4. The monoisotopic (exact) mass is 384 g/mol. The van der Waals surface area contributed by atoms with E-state index < -0.39 is 0 Å². The summed E-state index contributed by atoms with van der Waals surface area (Å²) in [5, 5.41) is 5.86. The lowest BCUT2D eigenvalue weighted by Crippen LogP contribution is -2.34. The summed E-state index contributed by atoms with van der Waals surface area (Å²) in [5.41, 5.74) is 1.20. The van der Waals surface area contributed by atoms with Gasteiger partial charge in [-0.1, -0.05) is 38.1 Å². The molecular formula is C21H24N2O3S. The molecule has 0 aliphatic carbocycles. The first-order valence-electron chi connectivity index (χ1n) is 8.81. The van der Waals surface area contributed by atoms with Gasteiger partial charge in [-0.3, -0.25) is 10.1 Å². The molecule has 6 heteroatoms. The normalized spacial score (nSPS) is 9.96. The van der Waals surface area contributed by atoms with Crippen molar-refractivity contribution < 1.29 is 14.3 Å². The second-order valence-electron chi connectivity index (χ2n) is 5.77. The largest absolute Gasteiger partial charge is 0.494 e. The smallest absolute Gasteiger partial charge is 0.257 e. The highest BCUT2D eigenvalue weighted by molar-refractivity contribution is 7.80. The van der Waals surface area contributed by atoms with Gasteiger partial charge in [0, 0.05) is 17.3 Å². The van der Waals surface area contributed by atoms with Crippen molar-refractivity contribution in [1.29, 1.82) is 0 Å². The number of ether oxygens (including phenoxy) is 2. The summed E-state index contributed by atoms with van der Waals surface area (Å²) >= 11 is 5.23. The van der Waals surface area contributed by atoms with Crippen LogP contribution in [0, 0.1) is 0 Å². The Morgan fingerprint density at radius 1 is 1.15 bits per heavy atom. The predicted molar refractivity (Wildman–Crippen MR) is 113 cm³/mol. The maximum absolute atomic E-state index is 12.4. The number of hydrogen-bond donors (Lipinski definition) is 2. The fourth-order valence-electron chi connectivity index (χ4n) is 2.22. The number of thiocarbonyl (C=S) groups is 1. The standard InChI is InChI=1S/C21H24N2O3S/c1-3-5-13-26-18-10-6-8-16(14-18)20(24)23-21(27)22-17-9-7-11-19(15-17)25-12-4-2/h4,6-11,14-15H,2-3,5,12-13H2,1H3,(H2,22,23,24,27). The SMILES string of the molecule is C=CCOc1cccc(NC(=S)NC(=O)c2cccc(OCCCC)c2)c1. The molecule has 1 amide bonds. The van der Waals surface area contributed by atoms with Gasteiger partial charge >= 0.3 is 0 Å². The third kappa shape index (κ3) is 7.11. The highest BCUT2D eigenvalue weighted by Gasteiger charge is 2.09. The van der Waals surface area contributed by atoms with Crippen LogP contribution in [0.4, 0.5) is 5.69 Å². The number of amides is 1. The van der Waals surface area contributed by atoms with Crippen molar-refractivity contribution in [3.8, 4) is 11.5 Å². The molecule has 0 saturated carbocycles. The van der Waals surface area contributed by atoms with Crippen LogP contribution in [0.5, 0.6) is 11.5 Å². The van der Waals surface area contributed by atoms with Gasteiger partial charge in [0.2, 0.25) is 0 Å². The van der Waals surface area contributed by atoms with Gasteiger partial charge in [-0.2, -0.15) is 0 Å². The molecule has 5 nitrogen and oxygen atoms in total. The zero-order chi connectivity index (χ0) is 19.5. The van der Waals surface area contributed by atoms with Crippen LogP contribution in [-0.4, -0.2) is 24.2 Å². The maximum atomic E-state index is 12.4. The Hall–Kier alpha value is -2.86. The molecule has 2 N–H and O–H groups in total. The minimum Gasteiger partial charge on any atom is -0.494 e. The summed E-state index contributed by atoms with van der Waals surface area (Å²) in [6, 6.07) is 14.3. The molecule has 0 unspecified atom stereocenters. The molecule has 0 aliphatic rings. The number of anilines is 1. The lowest BCUT2D eigenvalue weighted by Gasteiger charge is -2.12. The third-order valence-electron chi connectivity index (χ3n) is 3.55. The Morgan fingerprint density at radius 2 is 1.89 bits per heavy atom. The number of rotatable bonds is 9. The van der Waals surface area contributed by atoms with Gasteiger partial charge in [0.05, 0.1) is 6.61 Å². The molecule has 0 fully saturated rings. The number of benzene rings is 2. The van der Waals surface area contributed by atoms with E-state index in [0.717, 1.165) is 18.5 Å². The first kappa shape index (κ1) is 20.5. The Morgan fingerprint density at radius 3 is 2.63 bits per heavy atom. The van der Waals surface area contributed by atoms with Gasteiger partial charge in [0.1, 0.15) is 18.1 Å². The van der Waals surface area contributed by atoms with E-state index >= 15 is 0 Å². The highest BCUT2D eigenvalue weighted by Crippen LogP contribution is 2.17. The van der Waals surface area contributed by atoms with Crippen LogP contribution in [0.2, 0.25) is 0 Å². The van der Waals surface area contributed by atoms with Crippen LogP contribution in [0.3, 0.4) is 0 Å². The van der Waals surface area contributed by atoms with E-state index in [1.54, 1.807) is 30.3 Å². The molecule has 0 atom stereocenters. The lowest BCUT2D eigenvalue weighted by molar-refractivity contribution is 0.0977. The molecule has 2 rings (SSSR count). The van der Waals surface area contributed by atoms with E-state index in [9.17, 15) is 4.79 Å². The number of hydrogen-bond acceptors (Lipinski definition) is 4. The van der Waals surface area contributed by atoms with E-state index in [4.69, 9.17) is 21.7 Å². The van der Waals surface area contributed by atoms with Crippen molar-refractivity contribution in [2.24, 2.45) is 0 Å². The molecule has 27 heavy (non-hydrogen) atoms. The molecule has 2 aromatic carbocycles. The van der Waals surface area contributed by atoms with Gasteiger partial charge in [0.25, 0.3) is 5.91 Å². The fourth-order valence-corrected chi connectivity index (χ4v) is 2.43. The summed E-state index contributed by atoms with van der Waals surface area (Å²) in [6.45, 7) is 6.77. The first-order valence-corrected chi connectivity index (χ1v) is 9.22. The van der Waals surface area contributed by atoms with Gasteiger partial charge in [-0.15, -0.1) is 0 Å². The van der Waals surface area contributed by atoms with Crippen LogP contribution in [0.15, 0.2) is 61.2 Å². The molecular weight excluding hydrogens is 360 g/mol. The maximum Gasteiger partial charge on any atom is 0.257 e. The first-order chi connectivity index (χ1) is 13.1. The van der Waals surface area contributed by atoms with E-state index in [-0.39, 0.29) is 11.0 Å². The molecule has 0 aliphatic heterocycles. The number of unbranched alkanes of at least 4 members (excludes halogenated alkanes) is 1. The van der Waals surface area contributed by atoms with Crippen LogP contribution >= 0.6 is 12.2 Å². The van der Waals surface area contributed by atoms with Crippen molar-refractivity contribution >= 4 is 28.9 Å². The van der Waals surface area contributed by atoms with Crippen molar-refractivity contribution in [2.75, 3.05) is 18.5 Å². The van der Waals surface area contributed by atoms with Gasteiger partial charge < -0.3 is 14.8 Å². The predicted octanol–water partition coefficient (Wildman–Crippen LogP) is 4.56. The molecule has 0 saturated heterocycles.